The molecule has 1 aliphatic heterocycles. The molecule has 0 radical (unpaired) electrons. The van der Waals surface area contributed by atoms with Crippen molar-refractivity contribution in [3.8, 4) is 0 Å². The lowest BCUT2D eigenvalue weighted by Crippen LogP contribution is -2.49. The Bertz CT molecular complexity index is 1510. The second-order valence-electron chi connectivity index (χ2n) is 11.7. The van der Waals surface area contributed by atoms with Gasteiger partial charge in [-0.25, -0.2) is 9.37 Å². The number of carbonyl (C=O) groups is 2. The highest BCUT2D eigenvalue weighted by Crippen LogP contribution is 2.46. The number of benzene rings is 2. The summed E-state index contributed by atoms with van der Waals surface area (Å²) in [7, 11) is 3.38. The van der Waals surface area contributed by atoms with Crippen molar-refractivity contribution in [2.45, 2.75) is 51.0 Å². The number of piperazine rings is 1. The van der Waals surface area contributed by atoms with Crippen molar-refractivity contribution in [3.63, 3.8) is 0 Å². The first-order valence-corrected chi connectivity index (χ1v) is 14.8. The fourth-order valence-corrected chi connectivity index (χ4v) is 6.38. The molecule has 0 saturated carbocycles. The zero-order valence-corrected chi connectivity index (χ0v) is 25.3. The molecule has 9 nitrogen and oxygen atoms in total. The highest BCUT2D eigenvalue weighted by Gasteiger charge is 2.37. The van der Waals surface area contributed by atoms with Gasteiger partial charge in [0.05, 0.1) is 5.60 Å². The third-order valence-corrected chi connectivity index (χ3v) is 8.56. The quantitative estimate of drug-likeness (QED) is 0.421. The number of halogens is 2. The van der Waals surface area contributed by atoms with Crippen molar-refractivity contribution >= 4 is 46.1 Å². The summed E-state index contributed by atoms with van der Waals surface area (Å²) < 4.78 is 16.7. The van der Waals surface area contributed by atoms with Crippen LogP contribution in [0.3, 0.4) is 0 Å². The second-order valence-corrected chi connectivity index (χ2v) is 12.1. The van der Waals surface area contributed by atoms with E-state index < -0.39 is 17.3 Å². The number of aliphatic hydroxyl groups is 1. The maximum absolute atomic E-state index is 16.7. The van der Waals surface area contributed by atoms with E-state index in [1.54, 1.807) is 27.1 Å². The predicted octanol–water partition coefficient (Wildman–Crippen LogP) is 4.20. The monoisotopic (exact) mass is 596 g/mol. The van der Waals surface area contributed by atoms with Gasteiger partial charge >= 0.3 is 0 Å². The van der Waals surface area contributed by atoms with Gasteiger partial charge in [0.15, 0.2) is 5.82 Å². The highest BCUT2D eigenvalue weighted by atomic mass is 35.5. The Balaban J connectivity index is 1.59. The molecule has 2 atom stereocenters. The summed E-state index contributed by atoms with van der Waals surface area (Å²) in [5.74, 6) is -0.238. The van der Waals surface area contributed by atoms with Crippen LogP contribution in [0.1, 0.15) is 55.7 Å². The minimum atomic E-state index is -1.03. The van der Waals surface area contributed by atoms with Crippen molar-refractivity contribution in [3.05, 3.63) is 57.9 Å². The lowest BCUT2D eigenvalue weighted by Gasteiger charge is -2.37. The zero-order valence-electron chi connectivity index (χ0n) is 24.6. The molecule has 1 aromatic heterocycles. The molecule has 2 amide bonds. The van der Waals surface area contributed by atoms with E-state index in [2.05, 4.69) is 10.3 Å². The van der Waals surface area contributed by atoms with Gasteiger partial charge in [0, 0.05) is 88.0 Å². The molecule has 42 heavy (non-hydrogen) atoms. The summed E-state index contributed by atoms with van der Waals surface area (Å²) in [4.78, 5) is 39.1. The Hall–Kier alpha value is -3.50. The number of amides is 2. The summed E-state index contributed by atoms with van der Waals surface area (Å²) >= 11 is 6.88. The van der Waals surface area contributed by atoms with Gasteiger partial charge < -0.3 is 25.1 Å². The van der Waals surface area contributed by atoms with Gasteiger partial charge in [-0.2, -0.15) is 4.98 Å². The van der Waals surface area contributed by atoms with Crippen LogP contribution < -0.4 is 10.2 Å². The molecule has 2 aromatic carbocycles. The maximum Gasteiger partial charge on any atom is 0.225 e. The van der Waals surface area contributed by atoms with Gasteiger partial charge in [-0.15, -0.1) is 0 Å². The molecular weight excluding hydrogens is 559 g/mol. The van der Waals surface area contributed by atoms with Crippen LogP contribution in [0.4, 0.5) is 16.2 Å². The van der Waals surface area contributed by atoms with Crippen LogP contribution in [0.15, 0.2) is 30.3 Å². The molecule has 1 unspecified atom stereocenters. The molecule has 1 fully saturated rings. The smallest absolute Gasteiger partial charge is 0.225 e. The van der Waals surface area contributed by atoms with Crippen molar-refractivity contribution in [2.75, 3.05) is 57.0 Å². The minimum Gasteiger partial charge on any atom is -0.390 e. The molecule has 0 spiro atoms. The standard InChI is InChI=1S/C31H38ClFN6O3/c1-5-24(40)38-12-14-39(15-13-38)29-21-16-23(32)26(22-18-31(2,42)17-19-8-6-7-9-20(19)22)27(33)28(21)35-30(36-29)34-11-10-25(41)37(3)4/h6-9,16,22,42H,5,10-15,17-18H2,1-4H3,(H,34,35,36)/t22-,31?/m0/s1. The number of hydrogen-bond acceptors (Lipinski definition) is 7. The normalized spacial score (nSPS) is 20.4. The van der Waals surface area contributed by atoms with Crippen LogP contribution in [0, 0.1) is 5.82 Å². The summed E-state index contributed by atoms with van der Waals surface area (Å²) in [5.41, 5.74) is 1.30. The van der Waals surface area contributed by atoms with E-state index >= 15 is 4.39 Å². The van der Waals surface area contributed by atoms with Crippen LogP contribution in [0.2, 0.25) is 5.02 Å². The number of anilines is 2. The molecule has 11 heteroatoms. The second kappa shape index (κ2) is 12.0. The van der Waals surface area contributed by atoms with Gasteiger partial charge in [-0.1, -0.05) is 42.8 Å². The average molecular weight is 597 g/mol. The third-order valence-electron chi connectivity index (χ3n) is 8.25. The molecule has 2 aliphatic rings. The summed E-state index contributed by atoms with van der Waals surface area (Å²) in [5, 5.41) is 14.9. The highest BCUT2D eigenvalue weighted by molar-refractivity contribution is 6.32. The lowest BCUT2D eigenvalue weighted by molar-refractivity contribution is -0.131. The van der Waals surface area contributed by atoms with Crippen molar-refractivity contribution in [1.82, 2.24) is 19.8 Å². The van der Waals surface area contributed by atoms with E-state index in [0.717, 1.165) is 11.1 Å². The van der Waals surface area contributed by atoms with E-state index in [9.17, 15) is 14.7 Å². The van der Waals surface area contributed by atoms with Gasteiger partial charge in [0.2, 0.25) is 17.8 Å². The number of rotatable bonds is 7. The fourth-order valence-electron chi connectivity index (χ4n) is 6.06. The topological polar surface area (TPSA) is 102 Å². The zero-order chi connectivity index (χ0) is 30.2. The number of nitrogens with zero attached hydrogens (tertiary/aromatic N) is 5. The number of carbonyl (C=O) groups excluding carboxylic acids is 2. The van der Waals surface area contributed by atoms with Gasteiger partial charge in [0.25, 0.3) is 0 Å². The molecule has 3 aromatic rings. The van der Waals surface area contributed by atoms with E-state index in [1.807, 2.05) is 41.0 Å². The van der Waals surface area contributed by atoms with E-state index in [0.29, 0.717) is 62.2 Å². The Kier molecular flexibility index (Phi) is 8.57. The van der Waals surface area contributed by atoms with Crippen LogP contribution in [-0.2, 0) is 16.0 Å². The molecule has 2 N–H and O–H groups in total. The molecular formula is C31H38ClFN6O3. The van der Waals surface area contributed by atoms with Crippen LogP contribution >= 0.6 is 11.6 Å². The van der Waals surface area contributed by atoms with Crippen molar-refractivity contribution in [1.29, 1.82) is 0 Å². The molecule has 2 heterocycles. The first-order valence-electron chi connectivity index (χ1n) is 14.5. The van der Waals surface area contributed by atoms with Gasteiger partial charge in [-0.05, 0) is 30.5 Å². The van der Waals surface area contributed by atoms with Crippen molar-refractivity contribution < 1.29 is 19.1 Å². The Morgan fingerprint density at radius 2 is 1.90 bits per heavy atom. The van der Waals surface area contributed by atoms with Gasteiger partial charge in [0.1, 0.15) is 11.3 Å². The van der Waals surface area contributed by atoms with E-state index in [4.69, 9.17) is 16.6 Å². The van der Waals surface area contributed by atoms with Crippen LogP contribution in [0.5, 0.6) is 0 Å². The average Bonchev–Trinajstić information content (AvgIpc) is 2.96. The lowest BCUT2D eigenvalue weighted by atomic mass is 9.72. The summed E-state index contributed by atoms with van der Waals surface area (Å²) in [6.07, 6.45) is 1.46. The van der Waals surface area contributed by atoms with Crippen LogP contribution in [-0.4, -0.2) is 89.1 Å². The molecule has 224 valence electrons. The molecule has 1 saturated heterocycles. The largest absolute Gasteiger partial charge is 0.390 e. The third kappa shape index (κ3) is 6.01. The number of fused-ring (bicyclic) bond motifs is 2. The fraction of sp³-hybridized carbons (Fsp3) is 0.484. The summed E-state index contributed by atoms with van der Waals surface area (Å²) in [6.45, 7) is 6.00. The van der Waals surface area contributed by atoms with Crippen molar-refractivity contribution in [2.24, 2.45) is 0 Å². The SMILES string of the molecule is CCC(=O)N1CCN(c2nc(NCCC(=O)N(C)C)nc3c(F)c([C@H]4CC(C)(O)Cc5ccccc54)c(Cl)cc23)CC1. The molecule has 5 rings (SSSR count). The first kappa shape index (κ1) is 30.0. The Morgan fingerprint density at radius 3 is 2.60 bits per heavy atom. The minimum absolute atomic E-state index is 0.0523. The van der Waals surface area contributed by atoms with E-state index in [1.165, 1.54) is 4.90 Å². The molecule has 0 bridgehead atoms. The Labute approximate surface area is 250 Å². The first-order chi connectivity index (χ1) is 20.0. The van der Waals surface area contributed by atoms with Gasteiger partial charge in [-0.3, -0.25) is 9.59 Å². The predicted molar refractivity (Wildman–Crippen MR) is 163 cm³/mol. The number of aromatic nitrogens is 2. The maximum atomic E-state index is 16.7. The van der Waals surface area contributed by atoms with E-state index in [-0.39, 0.29) is 41.3 Å². The summed E-state index contributed by atoms with van der Waals surface area (Å²) in [6, 6.07) is 9.48. The number of hydrogen-bond donors (Lipinski definition) is 2. The van der Waals surface area contributed by atoms with Crippen LogP contribution in [0.25, 0.3) is 10.9 Å². The number of nitrogens with one attached hydrogen (secondary N) is 1. The molecule has 1 aliphatic carbocycles. The Morgan fingerprint density at radius 1 is 1.19 bits per heavy atom.